The van der Waals surface area contributed by atoms with Gasteiger partial charge < -0.3 is 5.73 Å². The van der Waals surface area contributed by atoms with E-state index in [0.29, 0.717) is 10.8 Å². The maximum absolute atomic E-state index is 13.0. The van der Waals surface area contributed by atoms with Gasteiger partial charge in [0.15, 0.2) is 0 Å². The van der Waals surface area contributed by atoms with E-state index in [4.69, 9.17) is 28.9 Å². The molecule has 0 aliphatic heterocycles. The zero-order valence-corrected chi connectivity index (χ0v) is 16.3. The fourth-order valence-corrected chi connectivity index (χ4v) is 1.87. The van der Waals surface area contributed by atoms with E-state index in [9.17, 15) is 4.39 Å². The van der Waals surface area contributed by atoms with Crippen LogP contribution in [0.2, 0.25) is 10.2 Å². The predicted octanol–water partition coefficient (Wildman–Crippen LogP) is 6.52. The third kappa shape index (κ3) is 9.54. The second-order valence-corrected chi connectivity index (χ2v) is 4.68. The summed E-state index contributed by atoms with van der Waals surface area (Å²) in [4.78, 5) is 4.16. The Bertz CT molecular complexity index is 540. The standard InChI is InChI=1S/C12H8Cl2FN.C2H7N.2C2H6/c1-7-4-11(16-12(14)5-7)8-2-3-10(15)9(13)6-8;1-2-3;2*1-2/h2-6H,1H3;2-3H2,1H3;2*1-2H3. The molecule has 0 atom stereocenters. The van der Waals surface area contributed by atoms with Crippen molar-refractivity contribution in [3.63, 3.8) is 0 Å². The van der Waals surface area contributed by atoms with Crippen molar-refractivity contribution >= 4 is 23.2 Å². The van der Waals surface area contributed by atoms with Gasteiger partial charge in [0.1, 0.15) is 11.0 Å². The lowest BCUT2D eigenvalue weighted by Crippen LogP contribution is -1.87. The summed E-state index contributed by atoms with van der Waals surface area (Å²) in [7, 11) is 0. The van der Waals surface area contributed by atoms with E-state index in [2.05, 4.69) is 4.98 Å². The molecule has 23 heavy (non-hydrogen) atoms. The van der Waals surface area contributed by atoms with E-state index >= 15 is 0 Å². The Kier molecular flexibility index (Phi) is 15.1. The van der Waals surface area contributed by atoms with Crippen molar-refractivity contribution in [2.24, 2.45) is 5.73 Å². The highest BCUT2D eigenvalue weighted by molar-refractivity contribution is 6.31. The van der Waals surface area contributed by atoms with E-state index in [1.54, 1.807) is 12.1 Å². The number of aromatic nitrogens is 1. The summed E-state index contributed by atoms with van der Waals surface area (Å²) < 4.78 is 13.0. The van der Waals surface area contributed by atoms with Crippen LogP contribution in [0.15, 0.2) is 30.3 Å². The van der Waals surface area contributed by atoms with E-state index in [1.165, 1.54) is 12.1 Å². The van der Waals surface area contributed by atoms with Crippen LogP contribution in [0.5, 0.6) is 0 Å². The van der Waals surface area contributed by atoms with Crippen LogP contribution in [-0.4, -0.2) is 11.5 Å². The summed E-state index contributed by atoms with van der Waals surface area (Å²) >= 11 is 11.6. The molecule has 0 unspecified atom stereocenters. The first kappa shape index (κ1) is 24.1. The largest absolute Gasteiger partial charge is 0.331 e. The Morgan fingerprint density at radius 3 is 2.00 bits per heavy atom. The van der Waals surface area contributed by atoms with Gasteiger partial charge in [0.2, 0.25) is 0 Å². The van der Waals surface area contributed by atoms with Crippen LogP contribution < -0.4 is 5.73 Å². The predicted molar refractivity (Wildman–Crippen MR) is 102 cm³/mol. The molecule has 2 aromatic rings. The topological polar surface area (TPSA) is 38.9 Å². The molecule has 2 N–H and O–H groups in total. The summed E-state index contributed by atoms with van der Waals surface area (Å²) in [6.45, 7) is 12.6. The fraction of sp³-hybridized carbons (Fsp3) is 0.389. The molecule has 0 amide bonds. The van der Waals surface area contributed by atoms with Gasteiger partial charge in [-0.25, -0.2) is 9.37 Å². The van der Waals surface area contributed by atoms with Crippen LogP contribution in [0.3, 0.4) is 0 Å². The van der Waals surface area contributed by atoms with Gasteiger partial charge >= 0.3 is 0 Å². The Hall–Kier alpha value is -1.16. The smallest absolute Gasteiger partial charge is 0.141 e. The van der Waals surface area contributed by atoms with E-state index in [1.807, 2.05) is 47.6 Å². The van der Waals surface area contributed by atoms with Crippen LogP contribution in [0.4, 0.5) is 4.39 Å². The lowest BCUT2D eigenvalue weighted by atomic mass is 10.1. The average molecular weight is 361 g/mol. The van der Waals surface area contributed by atoms with Gasteiger partial charge in [-0.1, -0.05) is 57.8 Å². The second kappa shape index (κ2) is 14.4. The molecule has 0 aliphatic carbocycles. The lowest BCUT2D eigenvalue weighted by molar-refractivity contribution is 0.628. The second-order valence-electron chi connectivity index (χ2n) is 3.89. The molecule has 5 heteroatoms. The first-order valence-electron chi connectivity index (χ1n) is 7.77. The number of nitrogens with two attached hydrogens (primary N) is 1. The van der Waals surface area contributed by atoms with Gasteiger partial charge in [0.05, 0.1) is 10.7 Å². The van der Waals surface area contributed by atoms with Crippen LogP contribution in [0.1, 0.15) is 40.2 Å². The van der Waals surface area contributed by atoms with E-state index in [0.717, 1.165) is 17.7 Å². The Labute approximate surface area is 149 Å². The number of rotatable bonds is 1. The normalized spacial score (nSPS) is 8.61. The van der Waals surface area contributed by atoms with Gasteiger partial charge in [-0.15, -0.1) is 0 Å². The molecule has 0 saturated heterocycles. The minimum absolute atomic E-state index is 0.0805. The summed E-state index contributed by atoms with van der Waals surface area (Å²) in [5.41, 5.74) is 7.28. The van der Waals surface area contributed by atoms with Crippen LogP contribution in [-0.2, 0) is 0 Å². The number of benzene rings is 1. The fourth-order valence-electron chi connectivity index (χ4n) is 1.43. The monoisotopic (exact) mass is 360 g/mol. The number of pyridine rings is 1. The summed E-state index contributed by atoms with van der Waals surface area (Å²) in [5, 5.41) is 0.493. The number of halogens is 3. The molecule has 1 aromatic carbocycles. The Balaban J connectivity index is 0. The highest BCUT2D eigenvalue weighted by Crippen LogP contribution is 2.25. The average Bonchev–Trinajstić information content (AvgIpc) is 2.54. The van der Waals surface area contributed by atoms with Crippen LogP contribution in [0, 0.1) is 12.7 Å². The van der Waals surface area contributed by atoms with E-state index < -0.39 is 5.82 Å². The number of hydrogen-bond acceptors (Lipinski definition) is 2. The molecule has 2 nitrogen and oxygen atoms in total. The number of nitrogens with zero attached hydrogens (tertiary/aromatic N) is 1. The van der Waals surface area contributed by atoms with Crippen molar-refractivity contribution in [3.8, 4) is 11.3 Å². The molecule has 1 heterocycles. The molecule has 1 aromatic heterocycles. The van der Waals surface area contributed by atoms with Gasteiger partial charge in [-0.2, -0.15) is 0 Å². The van der Waals surface area contributed by atoms with Crippen molar-refractivity contribution in [2.45, 2.75) is 41.5 Å². The molecule has 2 rings (SSSR count). The van der Waals surface area contributed by atoms with Gasteiger partial charge in [0, 0.05) is 5.56 Å². The molecule has 0 saturated carbocycles. The maximum Gasteiger partial charge on any atom is 0.141 e. The zero-order valence-electron chi connectivity index (χ0n) is 14.8. The SMILES string of the molecule is CC.CC.CCN.Cc1cc(Cl)nc(-c2ccc(F)c(Cl)c2)c1. The summed E-state index contributed by atoms with van der Waals surface area (Å²) in [5.74, 6) is -0.441. The highest BCUT2D eigenvalue weighted by Gasteiger charge is 2.05. The molecule has 0 radical (unpaired) electrons. The summed E-state index contributed by atoms with van der Waals surface area (Å²) in [6.07, 6.45) is 0. The Morgan fingerprint density at radius 2 is 1.57 bits per heavy atom. The quantitative estimate of drug-likeness (QED) is 0.587. The molecule has 130 valence electrons. The van der Waals surface area contributed by atoms with Crippen molar-refractivity contribution in [1.82, 2.24) is 4.98 Å². The van der Waals surface area contributed by atoms with E-state index in [-0.39, 0.29) is 5.02 Å². The third-order valence-electron chi connectivity index (χ3n) is 2.15. The summed E-state index contributed by atoms with van der Waals surface area (Å²) in [6, 6.07) is 8.11. The first-order chi connectivity index (χ1) is 11.0. The van der Waals surface area contributed by atoms with Crippen LogP contribution in [0.25, 0.3) is 11.3 Å². The zero-order chi connectivity index (χ0) is 18.4. The maximum atomic E-state index is 13.0. The first-order valence-corrected chi connectivity index (χ1v) is 8.53. The Morgan fingerprint density at radius 1 is 1.04 bits per heavy atom. The molecule has 0 fully saturated rings. The molecule has 0 aliphatic rings. The highest BCUT2D eigenvalue weighted by atomic mass is 35.5. The molecular formula is C18H27Cl2FN2. The number of aryl methyl sites for hydroxylation is 1. The van der Waals surface area contributed by atoms with Crippen molar-refractivity contribution in [3.05, 3.63) is 51.9 Å². The third-order valence-corrected chi connectivity index (χ3v) is 2.64. The van der Waals surface area contributed by atoms with Gasteiger partial charge in [-0.05, 0) is 49.4 Å². The minimum atomic E-state index is -0.441. The molecular weight excluding hydrogens is 334 g/mol. The number of hydrogen-bond donors (Lipinski definition) is 1. The lowest BCUT2D eigenvalue weighted by Gasteiger charge is -2.04. The molecule has 0 spiro atoms. The van der Waals surface area contributed by atoms with Crippen molar-refractivity contribution in [1.29, 1.82) is 0 Å². The van der Waals surface area contributed by atoms with Gasteiger partial charge in [0.25, 0.3) is 0 Å². The van der Waals surface area contributed by atoms with Crippen molar-refractivity contribution in [2.75, 3.05) is 6.54 Å². The van der Waals surface area contributed by atoms with Gasteiger partial charge in [-0.3, -0.25) is 0 Å². The van der Waals surface area contributed by atoms with Crippen molar-refractivity contribution < 1.29 is 4.39 Å². The minimum Gasteiger partial charge on any atom is -0.331 e. The molecule has 0 bridgehead atoms. The van der Waals surface area contributed by atoms with Crippen LogP contribution >= 0.6 is 23.2 Å².